The van der Waals surface area contributed by atoms with Crippen molar-refractivity contribution in [3.63, 3.8) is 0 Å². The smallest absolute Gasteiger partial charge is 0.419 e. The molecule has 1 aliphatic heterocycles. The van der Waals surface area contributed by atoms with Gasteiger partial charge in [0.25, 0.3) is 0 Å². The number of hydrogen-bond donors (Lipinski definition) is 4. The van der Waals surface area contributed by atoms with Gasteiger partial charge in [0.05, 0.1) is 22.0 Å². The molecule has 0 spiro atoms. The first-order chi connectivity index (χ1) is 40.1. The molecule has 4 N–H and O–H groups in total. The molecular formula is C66H73BrClN7O8S. The number of amides is 4. The number of Topliss-reactive ketones (excluding diaryl/α,β-unsaturated/α-hetero) is 1. The average molecular weight is 1240 g/mol. The van der Waals surface area contributed by atoms with E-state index in [2.05, 4.69) is 37.2 Å². The topological polar surface area (TPSA) is 190 Å². The minimum absolute atomic E-state index is 0.0120. The lowest BCUT2D eigenvalue weighted by atomic mass is 9.66. The maximum atomic E-state index is 15.5. The van der Waals surface area contributed by atoms with E-state index in [1.807, 2.05) is 109 Å². The maximum Gasteiger partial charge on any atom is 0.419 e. The molecule has 2 aromatic heterocycles. The van der Waals surface area contributed by atoms with Crippen LogP contribution in [0.4, 0.5) is 9.59 Å². The molecule has 18 heteroatoms. The van der Waals surface area contributed by atoms with Gasteiger partial charge in [-0.25, -0.2) is 14.6 Å². The summed E-state index contributed by atoms with van der Waals surface area (Å²) in [6.07, 6.45) is 3.06. The minimum Gasteiger partial charge on any atom is -0.444 e. The van der Waals surface area contributed by atoms with Crippen molar-refractivity contribution in [1.29, 1.82) is 0 Å². The molecule has 0 aliphatic carbocycles. The average Bonchev–Trinajstić information content (AvgIpc) is 2.23. The molecule has 15 nitrogen and oxygen atoms in total. The van der Waals surface area contributed by atoms with Gasteiger partial charge in [-0.2, -0.15) is 0 Å². The fourth-order valence-corrected chi connectivity index (χ4v) is 12.5. The monoisotopic (exact) mass is 1240 g/mol. The van der Waals surface area contributed by atoms with Crippen molar-refractivity contribution in [1.82, 2.24) is 35.7 Å². The van der Waals surface area contributed by atoms with E-state index in [0.717, 1.165) is 22.3 Å². The van der Waals surface area contributed by atoms with E-state index in [9.17, 15) is 14.4 Å². The Morgan fingerprint density at radius 2 is 1.36 bits per heavy atom. The van der Waals surface area contributed by atoms with Gasteiger partial charge >= 0.3 is 12.2 Å². The molecule has 5 aromatic carbocycles. The fourth-order valence-electron chi connectivity index (χ4n) is 10.5. The van der Waals surface area contributed by atoms with E-state index in [1.54, 1.807) is 84.3 Å². The maximum absolute atomic E-state index is 15.5. The Hall–Kier alpha value is -7.31. The van der Waals surface area contributed by atoms with E-state index >= 15 is 14.4 Å². The van der Waals surface area contributed by atoms with Crippen LogP contribution in [0.1, 0.15) is 113 Å². The third-order valence-electron chi connectivity index (χ3n) is 14.6. The van der Waals surface area contributed by atoms with Gasteiger partial charge in [-0.15, -0.1) is 0 Å². The SMILES string of the molecule is CN1C(=O)[C@H](CCCCNC(=O)OC(C)(C)C)NC(=O)[C@H](CCC(=O)CC(c2ccccc2)(c2ccccc2)c2ccccc2)NCc2cccnc2Sc2c(Cl)ccc(Br)c2CNC(=O)[C@@H]1Cc1cn(C(=O)OC(C)(C)C)c2ccccc12. The number of ether oxygens (including phenoxy) is 2. The van der Waals surface area contributed by atoms with Gasteiger partial charge < -0.3 is 35.6 Å². The highest BCUT2D eigenvalue weighted by Gasteiger charge is 2.40. The molecule has 0 saturated carbocycles. The van der Waals surface area contributed by atoms with Crippen molar-refractivity contribution in [3.8, 4) is 0 Å². The molecule has 3 heterocycles. The number of aromatic nitrogens is 2. The van der Waals surface area contributed by atoms with Gasteiger partial charge in [-0.1, -0.05) is 155 Å². The Labute approximate surface area is 509 Å². The first-order valence-electron chi connectivity index (χ1n) is 28.3. The Kier molecular flexibility index (Phi) is 20.9. The summed E-state index contributed by atoms with van der Waals surface area (Å²) in [5.41, 5.74) is 2.94. The quantitative estimate of drug-likeness (QED) is 0.0564. The molecule has 0 bridgehead atoms. The van der Waals surface area contributed by atoms with Crippen LogP contribution in [0.15, 0.2) is 166 Å². The molecule has 0 saturated heterocycles. The molecule has 440 valence electrons. The fraction of sp³-hybridized carbons (Fsp3) is 0.348. The molecule has 0 unspecified atom stereocenters. The minimum atomic E-state index is -1.21. The second-order valence-electron chi connectivity index (χ2n) is 23.0. The summed E-state index contributed by atoms with van der Waals surface area (Å²) in [7, 11) is 1.53. The van der Waals surface area contributed by atoms with Crippen LogP contribution in [-0.2, 0) is 53.6 Å². The van der Waals surface area contributed by atoms with Crippen LogP contribution in [0.2, 0.25) is 5.02 Å². The predicted molar refractivity (Wildman–Crippen MR) is 332 cm³/mol. The first kappa shape index (κ1) is 62.7. The standard InChI is InChI=1S/C66H73BrClN7O8S/c1-64(2,3)82-62(80)70-36-20-19-30-54-61(79)74(7)56(38-44-42-75(63(81)83-65(4,5)6)55-31-18-17-29-49(44)55)59(78)72-41-50-51(67)33-34-52(68)57(50)84-60-43(22-21-37-69-60)40-71-53(58(77)73-54)35-32-48(76)39-66(45-23-11-8-12-24-45,46-25-13-9-14-26-46)47-27-15-10-16-28-47/h8-18,21-29,31,33-34,37,42,53-54,56,71H,19-20,30,32,35-36,38-41H2,1-7H3,(H,70,80)(H,72,78)(H,73,77)/t53-,54-,56-/m0/s1. The van der Waals surface area contributed by atoms with Crippen LogP contribution < -0.4 is 21.3 Å². The van der Waals surface area contributed by atoms with Gasteiger partial charge in [-0.05, 0) is 119 Å². The van der Waals surface area contributed by atoms with Gasteiger partial charge in [-0.3, -0.25) is 23.7 Å². The zero-order chi connectivity index (χ0) is 60.2. The Morgan fingerprint density at radius 3 is 1.99 bits per heavy atom. The molecule has 84 heavy (non-hydrogen) atoms. The first-order valence-corrected chi connectivity index (χ1v) is 30.2. The third-order valence-corrected chi connectivity index (χ3v) is 17.0. The van der Waals surface area contributed by atoms with Crippen LogP contribution in [0.5, 0.6) is 0 Å². The van der Waals surface area contributed by atoms with Crippen molar-refractivity contribution in [2.45, 2.75) is 144 Å². The van der Waals surface area contributed by atoms with Crippen molar-refractivity contribution in [3.05, 3.63) is 195 Å². The number of pyridine rings is 1. The summed E-state index contributed by atoms with van der Waals surface area (Å²) in [5, 5.41) is 14.1. The van der Waals surface area contributed by atoms with Crippen LogP contribution in [0.3, 0.4) is 0 Å². The molecule has 7 aromatic rings. The highest BCUT2D eigenvalue weighted by atomic mass is 79.9. The van der Waals surface area contributed by atoms with Crippen molar-refractivity contribution in [2.75, 3.05) is 13.6 Å². The number of nitrogens with zero attached hydrogens (tertiary/aromatic N) is 3. The molecule has 4 amide bonds. The largest absolute Gasteiger partial charge is 0.444 e. The van der Waals surface area contributed by atoms with E-state index in [0.29, 0.717) is 54.3 Å². The summed E-state index contributed by atoms with van der Waals surface area (Å²) in [5.74, 6) is -1.71. The van der Waals surface area contributed by atoms with Gasteiger partial charge in [0.1, 0.15) is 34.1 Å². The van der Waals surface area contributed by atoms with Crippen LogP contribution in [0, 0.1) is 0 Å². The van der Waals surface area contributed by atoms with E-state index < -0.39 is 64.7 Å². The number of ketones is 1. The number of unbranched alkanes of at least 4 members (excludes halogenated alkanes) is 1. The predicted octanol–water partition coefficient (Wildman–Crippen LogP) is 12.5. The number of fused-ring (bicyclic) bond motifs is 3. The lowest BCUT2D eigenvalue weighted by Crippen LogP contribution is -2.57. The summed E-state index contributed by atoms with van der Waals surface area (Å²) in [6, 6.07) is 41.0. The van der Waals surface area contributed by atoms with Gasteiger partial charge in [0.2, 0.25) is 17.7 Å². The highest BCUT2D eigenvalue weighted by molar-refractivity contribution is 9.10. The van der Waals surface area contributed by atoms with Crippen molar-refractivity contribution < 1.29 is 38.2 Å². The number of likely N-dealkylation sites (N-methyl/N-ethyl adjacent to an activating group) is 1. The van der Waals surface area contributed by atoms with E-state index in [1.165, 1.54) is 28.3 Å². The number of alkyl carbamates (subject to hydrolysis) is 1. The number of rotatable bonds is 15. The van der Waals surface area contributed by atoms with Crippen LogP contribution >= 0.6 is 39.3 Å². The second kappa shape index (κ2) is 28.1. The molecule has 8 rings (SSSR count). The van der Waals surface area contributed by atoms with Crippen LogP contribution in [0.25, 0.3) is 10.9 Å². The molecule has 3 atom stereocenters. The zero-order valence-electron chi connectivity index (χ0n) is 48.5. The number of carbonyl (C=O) groups is 6. The highest BCUT2D eigenvalue weighted by Crippen LogP contribution is 2.43. The Morgan fingerprint density at radius 1 is 0.738 bits per heavy atom. The summed E-state index contributed by atoms with van der Waals surface area (Å²) >= 11 is 12.1. The second-order valence-corrected chi connectivity index (χ2v) is 25.3. The molecule has 1 aliphatic rings. The Balaban J connectivity index is 1.18. The summed E-state index contributed by atoms with van der Waals surface area (Å²) in [6.45, 7) is 11.0. The normalized spacial score (nSPS) is 16.6. The lowest BCUT2D eigenvalue weighted by molar-refractivity contribution is -0.142. The van der Waals surface area contributed by atoms with Gasteiger partial charge in [0, 0.05) is 78.7 Å². The Bertz CT molecular complexity index is 3370. The third kappa shape index (κ3) is 15.9. The van der Waals surface area contributed by atoms with Crippen molar-refractivity contribution in [2.24, 2.45) is 0 Å². The summed E-state index contributed by atoms with van der Waals surface area (Å²) < 4.78 is 13.3. The number of carbonyl (C=O) groups excluding carboxylic acids is 6. The number of halogens is 2. The number of benzene rings is 5. The summed E-state index contributed by atoms with van der Waals surface area (Å²) in [4.78, 5) is 94.1. The van der Waals surface area contributed by atoms with E-state index in [-0.39, 0.29) is 57.5 Å². The molecule has 0 radical (unpaired) electrons. The zero-order valence-corrected chi connectivity index (χ0v) is 51.7. The van der Waals surface area contributed by atoms with Crippen molar-refractivity contribution >= 4 is 85.9 Å². The van der Waals surface area contributed by atoms with E-state index in [4.69, 9.17) is 26.1 Å². The molecule has 0 fully saturated rings. The molecular weight excluding hydrogens is 1170 g/mol. The van der Waals surface area contributed by atoms with Crippen LogP contribution in [-0.4, -0.2) is 93.1 Å². The van der Waals surface area contributed by atoms with Gasteiger partial charge in [0.15, 0.2) is 0 Å². The number of nitrogens with one attached hydrogen (secondary N) is 4. The lowest BCUT2D eigenvalue weighted by Gasteiger charge is -2.36. The number of para-hydroxylation sites is 1. The number of hydrogen-bond acceptors (Lipinski definition) is 11.